The van der Waals surface area contributed by atoms with Gasteiger partial charge in [-0.15, -0.1) is 0 Å². The molecule has 0 N–H and O–H groups in total. The van der Waals surface area contributed by atoms with Crippen LogP contribution in [0.25, 0.3) is 0 Å². The Morgan fingerprint density at radius 3 is 2.20 bits per heavy atom. The van der Waals surface area contributed by atoms with Gasteiger partial charge >= 0.3 is 0 Å². The standard InChI is InChI=1S/C14H24O/c1-11(2)7-10-14(8-5-6-9-14)13(15)12(3)4/h7,12H,5-6,8-10H2,1-4H3. The molecule has 1 heteroatoms. The predicted molar refractivity (Wildman–Crippen MR) is 64.8 cm³/mol. The quantitative estimate of drug-likeness (QED) is 0.635. The largest absolute Gasteiger partial charge is 0.299 e. The van der Waals surface area contributed by atoms with E-state index in [2.05, 4.69) is 19.9 Å². The molecule has 0 aromatic carbocycles. The number of hydrogen-bond donors (Lipinski definition) is 0. The van der Waals surface area contributed by atoms with Crippen LogP contribution in [0.5, 0.6) is 0 Å². The van der Waals surface area contributed by atoms with Crippen molar-refractivity contribution in [3.63, 3.8) is 0 Å². The van der Waals surface area contributed by atoms with Crippen LogP contribution in [0.1, 0.15) is 59.8 Å². The van der Waals surface area contributed by atoms with E-state index in [0.29, 0.717) is 5.78 Å². The van der Waals surface area contributed by atoms with Gasteiger partial charge in [-0.2, -0.15) is 0 Å². The summed E-state index contributed by atoms with van der Waals surface area (Å²) >= 11 is 0. The van der Waals surface area contributed by atoms with Crippen LogP contribution >= 0.6 is 0 Å². The van der Waals surface area contributed by atoms with Crippen LogP contribution in [-0.4, -0.2) is 5.78 Å². The number of hydrogen-bond acceptors (Lipinski definition) is 1. The predicted octanol–water partition coefficient (Wildman–Crippen LogP) is 4.13. The zero-order chi connectivity index (χ0) is 11.5. The van der Waals surface area contributed by atoms with Gasteiger partial charge in [-0.3, -0.25) is 4.79 Å². The first-order valence-electron chi connectivity index (χ1n) is 6.16. The molecule has 86 valence electrons. The molecule has 0 radical (unpaired) electrons. The molecule has 0 heterocycles. The average Bonchev–Trinajstić information content (AvgIpc) is 2.63. The van der Waals surface area contributed by atoms with E-state index in [4.69, 9.17) is 0 Å². The first kappa shape index (κ1) is 12.5. The molecule has 0 spiro atoms. The molecule has 1 aliphatic rings. The number of carbonyl (C=O) groups excluding carboxylic acids is 1. The van der Waals surface area contributed by atoms with E-state index >= 15 is 0 Å². The number of rotatable bonds is 4. The maximum Gasteiger partial charge on any atom is 0.141 e. The summed E-state index contributed by atoms with van der Waals surface area (Å²) in [7, 11) is 0. The maximum atomic E-state index is 12.3. The molecule has 1 fully saturated rings. The number of ketones is 1. The third kappa shape index (κ3) is 2.93. The van der Waals surface area contributed by atoms with Crippen molar-refractivity contribution >= 4 is 5.78 Å². The minimum absolute atomic E-state index is 0.00850. The Hall–Kier alpha value is -0.590. The van der Waals surface area contributed by atoms with Crippen LogP contribution in [0.4, 0.5) is 0 Å². The van der Waals surface area contributed by atoms with Crippen LogP contribution in [0.3, 0.4) is 0 Å². The van der Waals surface area contributed by atoms with Gasteiger partial charge in [0.15, 0.2) is 0 Å². The molecule has 1 rings (SSSR count). The number of carbonyl (C=O) groups is 1. The lowest BCUT2D eigenvalue weighted by Gasteiger charge is -2.28. The first-order chi connectivity index (χ1) is 6.98. The second kappa shape index (κ2) is 4.96. The van der Waals surface area contributed by atoms with Crippen molar-refractivity contribution in [3.05, 3.63) is 11.6 Å². The fourth-order valence-corrected chi connectivity index (χ4v) is 2.61. The Balaban J connectivity index is 2.79. The van der Waals surface area contributed by atoms with E-state index in [1.54, 1.807) is 0 Å². The van der Waals surface area contributed by atoms with Gasteiger partial charge in [-0.1, -0.05) is 38.3 Å². The summed E-state index contributed by atoms with van der Waals surface area (Å²) in [5.41, 5.74) is 1.32. The van der Waals surface area contributed by atoms with Gasteiger partial charge in [0.2, 0.25) is 0 Å². The van der Waals surface area contributed by atoms with E-state index in [-0.39, 0.29) is 11.3 Å². The Bertz CT molecular complexity index is 251. The minimum Gasteiger partial charge on any atom is -0.299 e. The van der Waals surface area contributed by atoms with Gasteiger partial charge in [0.05, 0.1) is 0 Å². The summed E-state index contributed by atoms with van der Waals surface area (Å²) < 4.78 is 0. The molecule has 0 aromatic rings. The molecule has 1 aliphatic carbocycles. The van der Waals surface area contributed by atoms with Crippen LogP contribution < -0.4 is 0 Å². The Kier molecular flexibility index (Phi) is 4.12. The number of Topliss-reactive ketones (excluding diaryl/α,β-unsaturated/α-hetero) is 1. The minimum atomic E-state index is -0.00850. The fourth-order valence-electron chi connectivity index (χ4n) is 2.61. The number of allylic oxidation sites excluding steroid dienone is 2. The van der Waals surface area contributed by atoms with Crippen LogP contribution in [0.15, 0.2) is 11.6 Å². The smallest absolute Gasteiger partial charge is 0.141 e. The molecule has 0 amide bonds. The molecule has 0 aromatic heterocycles. The zero-order valence-electron chi connectivity index (χ0n) is 10.6. The second-order valence-corrected chi connectivity index (χ2v) is 5.49. The lowest BCUT2D eigenvalue weighted by Crippen LogP contribution is -2.31. The molecule has 0 atom stereocenters. The highest BCUT2D eigenvalue weighted by atomic mass is 16.1. The normalized spacial score (nSPS) is 19.3. The van der Waals surface area contributed by atoms with Crippen LogP contribution in [-0.2, 0) is 4.79 Å². The third-order valence-corrected chi connectivity index (χ3v) is 3.51. The molecule has 0 aliphatic heterocycles. The molecular weight excluding hydrogens is 184 g/mol. The van der Waals surface area contributed by atoms with Crippen LogP contribution in [0, 0.1) is 11.3 Å². The molecule has 0 saturated heterocycles. The maximum absolute atomic E-state index is 12.3. The molecule has 0 bridgehead atoms. The van der Waals surface area contributed by atoms with Gasteiger partial charge < -0.3 is 0 Å². The van der Waals surface area contributed by atoms with Gasteiger partial charge in [-0.25, -0.2) is 0 Å². The highest BCUT2D eigenvalue weighted by molar-refractivity contribution is 5.86. The SMILES string of the molecule is CC(C)=CCC1(C(=O)C(C)C)CCCC1. The van der Waals surface area contributed by atoms with Crippen molar-refractivity contribution in [2.75, 3.05) is 0 Å². The second-order valence-electron chi connectivity index (χ2n) is 5.49. The lowest BCUT2D eigenvalue weighted by atomic mass is 9.74. The molecular formula is C14H24O. The highest BCUT2D eigenvalue weighted by Crippen LogP contribution is 2.44. The average molecular weight is 208 g/mol. The van der Waals surface area contributed by atoms with Crippen molar-refractivity contribution in [2.45, 2.75) is 59.8 Å². The van der Waals surface area contributed by atoms with Crippen LogP contribution in [0.2, 0.25) is 0 Å². The summed E-state index contributed by atoms with van der Waals surface area (Å²) in [4.78, 5) is 12.3. The summed E-state index contributed by atoms with van der Waals surface area (Å²) in [5.74, 6) is 0.672. The van der Waals surface area contributed by atoms with Crippen molar-refractivity contribution in [2.24, 2.45) is 11.3 Å². The van der Waals surface area contributed by atoms with Gasteiger partial charge in [-0.05, 0) is 33.1 Å². The highest BCUT2D eigenvalue weighted by Gasteiger charge is 2.40. The molecule has 1 nitrogen and oxygen atoms in total. The molecule has 0 unspecified atom stereocenters. The van der Waals surface area contributed by atoms with E-state index < -0.39 is 0 Å². The van der Waals surface area contributed by atoms with E-state index in [9.17, 15) is 4.79 Å². The Morgan fingerprint density at radius 2 is 1.80 bits per heavy atom. The zero-order valence-corrected chi connectivity index (χ0v) is 10.6. The molecule has 1 saturated carbocycles. The van der Waals surface area contributed by atoms with Crippen molar-refractivity contribution < 1.29 is 4.79 Å². The van der Waals surface area contributed by atoms with Gasteiger partial charge in [0, 0.05) is 11.3 Å². The molecule has 15 heavy (non-hydrogen) atoms. The third-order valence-electron chi connectivity index (χ3n) is 3.51. The lowest BCUT2D eigenvalue weighted by molar-refractivity contribution is -0.131. The Labute approximate surface area is 93.9 Å². The van der Waals surface area contributed by atoms with E-state index in [0.717, 1.165) is 19.3 Å². The first-order valence-corrected chi connectivity index (χ1v) is 6.16. The summed E-state index contributed by atoms with van der Waals surface area (Å²) in [5, 5.41) is 0. The van der Waals surface area contributed by atoms with Crippen molar-refractivity contribution in [1.82, 2.24) is 0 Å². The van der Waals surface area contributed by atoms with Gasteiger partial charge in [0.25, 0.3) is 0 Å². The Morgan fingerprint density at radius 1 is 1.27 bits per heavy atom. The topological polar surface area (TPSA) is 17.1 Å². The van der Waals surface area contributed by atoms with E-state index in [1.165, 1.54) is 18.4 Å². The van der Waals surface area contributed by atoms with E-state index in [1.807, 2.05) is 13.8 Å². The summed E-state index contributed by atoms with van der Waals surface area (Å²) in [6, 6.07) is 0. The monoisotopic (exact) mass is 208 g/mol. The van der Waals surface area contributed by atoms with Crippen molar-refractivity contribution in [3.8, 4) is 0 Å². The summed E-state index contributed by atoms with van der Waals surface area (Å²) in [6.45, 7) is 8.29. The van der Waals surface area contributed by atoms with Gasteiger partial charge in [0.1, 0.15) is 5.78 Å². The summed E-state index contributed by atoms with van der Waals surface area (Å²) in [6.07, 6.45) is 7.88. The fraction of sp³-hybridized carbons (Fsp3) is 0.786. The van der Waals surface area contributed by atoms with Crippen molar-refractivity contribution in [1.29, 1.82) is 0 Å².